The monoisotopic (exact) mass is 296 g/mol. The number of nitrogens with two attached hydrogens (primary N) is 2. The second-order valence-corrected chi connectivity index (χ2v) is 5.99. The van der Waals surface area contributed by atoms with Gasteiger partial charge in [-0.25, -0.2) is 0 Å². The molecule has 0 radical (unpaired) electrons. The standard InChI is InChI=1S/C12H11ClN2.C2H6OS/c13-12-7-10(15)5-6-11(12)8-1-3-9(14)4-2-8;1-4(2)3/h1-7H,14-15H2;1-2H3. The zero-order chi connectivity index (χ0) is 14.4. The normalized spacial score (nSPS) is 9.89. The Morgan fingerprint density at radius 3 is 1.89 bits per heavy atom. The first-order chi connectivity index (χ1) is 8.90. The average Bonchev–Trinajstić information content (AvgIpc) is 2.30. The van der Waals surface area contributed by atoms with Crippen LogP contribution in [0.4, 0.5) is 11.4 Å². The van der Waals surface area contributed by atoms with Crippen LogP contribution in [0.15, 0.2) is 42.5 Å². The summed E-state index contributed by atoms with van der Waals surface area (Å²) in [5, 5.41) is 0.653. The molecule has 0 bridgehead atoms. The van der Waals surface area contributed by atoms with Gasteiger partial charge in [-0.3, -0.25) is 4.21 Å². The second-order valence-electron chi connectivity index (χ2n) is 4.10. The molecule has 0 aromatic heterocycles. The SMILES string of the molecule is CS(C)=O.Nc1ccc(-c2ccc(N)cc2Cl)cc1. The lowest BCUT2D eigenvalue weighted by Gasteiger charge is -2.05. The Morgan fingerprint density at radius 2 is 1.42 bits per heavy atom. The molecule has 0 saturated heterocycles. The molecule has 0 spiro atoms. The molecule has 19 heavy (non-hydrogen) atoms. The Balaban J connectivity index is 0.000000399. The van der Waals surface area contributed by atoms with Crippen LogP contribution in [-0.2, 0) is 10.8 Å². The van der Waals surface area contributed by atoms with E-state index in [2.05, 4.69) is 0 Å². The first kappa shape index (κ1) is 15.5. The minimum absolute atomic E-state index is 0.611. The predicted molar refractivity (Wildman–Crippen MR) is 85.7 cm³/mol. The number of hydrogen-bond acceptors (Lipinski definition) is 3. The molecule has 0 aliphatic carbocycles. The largest absolute Gasteiger partial charge is 0.399 e. The minimum atomic E-state index is -0.611. The summed E-state index contributed by atoms with van der Waals surface area (Å²) in [6.07, 6.45) is 3.28. The third-order valence-electron chi connectivity index (χ3n) is 2.21. The summed E-state index contributed by atoms with van der Waals surface area (Å²) in [4.78, 5) is 0. The van der Waals surface area contributed by atoms with E-state index in [1.807, 2.05) is 36.4 Å². The van der Waals surface area contributed by atoms with Crippen molar-refractivity contribution in [1.29, 1.82) is 0 Å². The molecule has 0 aliphatic rings. The number of rotatable bonds is 1. The highest BCUT2D eigenvalue weighted by molar-refractivity contribution is 7.83. The van der Waals surface area contributed by atoms with E-state index in [0.29, 0.717) is 10.7 Å². The van der Waals surface area contributed by atoms with Crippen molar-refractivity contribution in [3.63, 3.8) is 0 Å². The van der Waals surface area contributed by atoms with Gasteiger partial charge in [0.2, 0.25) is 0 Å². The van der Waals surface area contributed by atoms with Crippen molar-refractivity contribution in [2.75, 3.05) is 24.0 Å². The van der Waals surface area contributed by atoms with Crippen molar-refractivity contribution in [3.8, 4) is 11.1 Å². The fourth-order valence-electron chi connectivity index (χ4n) is 1.43. The van der Waals surface area contributed by atoms with Crippen LogP contribution in [0.25, 0.3) is 11.1 Å². The molecule has 2 rings (SSSR count). The second kappa shape index (κ2) is 7.16. The van der Waals surface area contributed by atoms with Crippen LogP contribution in [0.5, 0.6) is 0 Å². The Labute approximate surface area is 121 Å². The summed E-state index contributed by atoms with van der Waals surface area (Å²) < 4.78 is 9.56. The maximum absolute atomic E-state index is 9.56. The molecule has 102 valence electrons. The molecule has 0 saturated carbocycles. The van der Waals surface area contributed by atoms with Crippen LogP contribution in [0, 0.1) is 0 Å². The molecule has 3 nitrogen and oxygen atoms in total. The molecular formula is C14H17ClN2OS. The summed E-state index contributed by atoms with van der Waals surface area (Å²) >= 11 is 6.09. The third-order valence-corrected chi connectivity index (χ3v) is 2.53. The van der Waals surface area contributed by atoms with Crippen molar-refractivity contribution in [1.82, 2.24) is 0 Å². The third kappa shape index (κ3) is 5.32. The molecule has 0 heterocycles. The van der Waals surface area contributed by atoms with Crippen molar-refractivity contribution in [3.05, 3.63) is 47.5 Å². The van der Waals surface area contributed by atoms with Crippen LogP contribution >= 0.6 is 11.6 Å². The lowest BCUT2D eigenvalue weighted by atomic mass is 10.1. The number of nitrogen functional groups attached to an aromatic ring is 2. The van der Waals surface area contributed by atoms with E-state index in [0.717, 1.165) is 16.8 Å². The zero-order valence-corrected chi connectivity index (χ0v) is 12.5. The first-order valence-electron chi connectivity index (χ1n) is 5.56. The maximum atomic E-state index is 9.56. The van der Waals surface area contributed by atoms with Crippen LogP contribution in [0.3, 0.4) is 0 Å². The van der Waals surface area contributed by atoms with Crippen LogP contribution in [0.2, 0.25) is 5.02 Å². The first-order valence-corrected chi connectivity index (χ1v) is 7.90. The Kier molecular flexibility index (Phi) is 5.86. The average molecular weight is 297 g/mol. The summed E-state index contributed by atoms with van der Waals surface area (Å²) in [6.45, 7) is 0. The quantitative estimate of drug-likeness (QED) is 0.794. The van der Waals surface area contributed by atoms with Crippen LogP contribution in [-0.4, -0.2) is 16.7 Å². The topological polar surface area (TPSA) is 69.1 Å². The minimum Gasteiger partial charge on any atom is -0.399 e. The highest BCUT2D eigenvalue weighted by Crippen LogP contribution is 2.29. The number of hydrogen-bond donors (Lipinski definition) is 2. The van der Waals surface area contributed by atoms with E-state index in [4.69, 9.17) is 23.1 Å². The van der Waals surface area contributed by atoms with Crippen molar-refractivity contribution >= 4 is 33.8 Å². The maximum Gasteiger partial charge on any atom is 0.0504 e. The lowest BCUT2D eigenvalue weighted by Crippen LogP contribution is -1.87. The number of halogens is 1. The van der Waals surface area contributed by atoms with Gasteiger partial charge in [-0.1, -0.05) is 29.8 Å². The zero-order valence-electron chi connectivity index (χ0n) is 10.9. The van der Waals surface area contributed by atoms with E-state index >= 15 is 0 Å². The van der Waals surface area contributed by atoms with Crippen LogP contribution in [0.1, 0.15) is 0 Å². The van der Waals surface area contributed by atoms with Gasteiger partial charge in [0, 0.05) is 40.2 Å². The summed E-state index contributed by atoms with van der Waals surface area (Å²) in [7, 11) is -0.611. The highest BCUT2D eigenvalue weighted by Gasteiger charge is 2.02. The Bertz CT molecular complexity index is 566. The van der Waals surface area contributed by atoms with E-state index in [1.54, 1.807) is 18.6 Å². The molecule has 0 amide bonds. The molecule has 2 aromatic carbocycles. The fourth-order valence-corrected chi connectivity index (χ4v) is 1.73. The Morgan fingerprint density at radius 1 is 0.947 bits per heavy atom. The molecular weight excluding hydrogens is 280 g/mol. The summed E-state index contributed by atoms with van der Waals surface area (Å²) in [5.74, 6) is 0. The van der Waals surface area contributed by atoms with Gasteiger partial charge >= 0.3 is 0 Å². The van der Waals surface area contributed by atoms with Gasteiger partial charge in [0.15, 0.2) is 0 Å². The van der Waals surface area contributed by atoms with Gasteiger partial charge in [0.05, 0.1) is 5.02 Å². The molecule has 2 aromatic rings. The smallest absolute Gasteiger partial charge is 0.0504 e. The molecule has 4 N–H and O–H groups in total. The van der Waals surface area contributed by atoms with E-state index < -0.39 is 10.8 Å². The Hall–Kier alpha value is -1.52. The molecule has 5 heteroatoms. The van der Waals surface area contributed by atoms with E-state index in [-0.39, 0.29) is 0 Å². The van der Waals surface area contributed by atoms with Crippen molar-refractivity contribution in [2.24, 2.45) is 0 Å². The number of anilines is 2. The van der Waals surface area contributed by atoms with Crippen molar-refractivity contribution in [2.45, 2.75) is 0 Å². The van der Waals surface area contributed by atoms with Gasteiger partial charge in [-0.05, 0) is 29.8 Å². The molecule has 0 aliphatic heterocycles. The van der Waals surface area contributed by atoms with E-state index in [9.17, 15) is 4.21 Å². The number of benzene rings is 2. The van der Waals surface area contributed by atoms with Crippen molar-refractivity contribution < 1.29 is 4.21 Å². The highest BCUT2D eigenvalue weighted by atomic mass is 35.5. The summed E-state index contributed by atoms with van der Waals surface area (Å²) in [5.41, 5.74) is 14.6. The van der Waals surface area contributed by atoms with Crippen LogP contribution < -0.4 is 11.5 Å². The molecule has 0 unspecified atom stereocenters. The van der Waals surface area contributed by atoms with Gasteiger partial charge in [-0.2, -0.15) is 0 Å². The molecule has 0 fully saturated rings. The van der Waals surface area contributed by atoms with Gasteiger partial charge < -0.3 is 11.5 Å². The van der Waals surface area contributed by atoms with Gasteiger partial charge in [-0.15, -0.1) is 0 Å². The molecule has 0 atom stereocenters. The van der Waals surface area contributed by atoms with Gasteiger partial charge in [0.25, 0.3) is 0 Å². The fraction of sp³-hybridized carbons (Fsp3) is 0.143. The predicted octanol–water partition coefficient (Wildman–Crippen LogP) is 3.17. The van der Waals surface area contributed by atoms with E-state index in [1.165, 1.54) is 0 Å². The van der Waals surface area contributed by atoms with Gasteiger partial charge in [0.1, 0.15) is 0 Å². The summed E-state index contributed by atoms with van der Waals surface area (Å²) in [6, 6.07) is 13.1. The lowest BCUT2D eigenvalue weighted by molar-refractivity contribution is 0.690.